The summed E-state index contributed by atoms with van der Waals surface area (Å²) in [7, 11) is 0. The Hall–Kier alpha value is -1.30. The van der Waals surface area contributed by atoms with E-state index in [2.05, 4.69) is 6.92 Å². The number of aliphatic hydroxyl groups excluding tert-OH is 2. The fourth-order valence-electron chi connectivity index (χ4n) is 7.09. The molecule has 6 unspecified atom stereocenters. The van der Waals surface area contributed by atoms with Crippen LogP contribution in [0.2, 0.25) is 0 Å². The summed E-state index contributed by atoms with van der Waals surface area (Å²) < 4.78 is 0. The molecule has 0 saturated heterocycles. The van der Waals surface area contributed by atoms with Gasteiger partial charge in [0.05, 0.1) is 11.7 Å². The maximum absolute atomic E-state index is 11.9. The normalized spacial score (nSPS) is 48.5. The van der Waals surface area contributed by atoms with Crippen molar-refractivity contribution >= 4 is 11.6 Å². The highest BCUT2D eigenvalue weighted by Crippen LogP contribution is 2.67. The number of hydrogen-bond donors (Lipinski definition) is 3. The minimum Gasteiger partial charge on any atom is -0.393 e. The summed E-state index contributed by atoms with van der Waals surface area (Å²) in [6.45, 7) is 3.59. The maximum Gasteiger partial charge on any atom is 0.178 e. The van der Waals surface area contributed by atoms with Crippen LogP contribution in [-0.2, 0) is 9.59 Å². The molecule has 0 heterocycles. The van der Waals surface area contributed by atoms with Crippen molar-refractivity contribution in [1.82, 2.24) is 0 Å². The third-order valence-electron chi connectivity index (χ3n) is 8.48. The molecule has 0 radical (unpaired) electrons. The van der Waals surface area contributed by atoms with E-state index in [1.54, 1.807) is 12.2 Å². The largest absolute Gasteiger partial charge is 0.393 e. The molecule has 5 heteroatoms. The minimum atomic E-state index is -1.17. The van der Waals surface area contributed by atoms with Gasteiger partial charge < -0.3 is 15.3 Å². The number of carbonyl (C=O) groups is 2. The van der Waals surface area contributed by atoms with Crippen molar-refractivity contribution in [3.05, 3.63) is 23.8 Å². The van der Waals surface area contributed by atoms with Crippen molar-refractivity contribution in [2.45, 2.75) is 64.1 Å². The first-order chi connectivity index (χ1) is 12.6. The molecule has 3 saturated carbocycles. The Morgan fingerprint density at radius 3 is 2.74 bits per heavy atom. The quantitative estimate of drug-likeness (QED) is 0.702. The van der Waals surface area contributed by atoms with Crippen LogP contribution >= 0.6 is 0 Å². The van der Waals surface area contributed by atoms with Gasteiger partial charge >= 0.3 is 0 Å². The Kier molecular flexibility index (Phi) is 4.30. The topological polar surface area (TPSA) is 94.8 Å². The zero-order chi connectivity index (χ0) is 19.6. The molecule has 0 aromatic rings. The van der Waals surface area contributed by atoms with E-state index in [9.17, 15) is 19.8 Å². The van der Waals surface area contributed by atoms with Crippen molar-refractivity contribution in [3.63, 3.8) is 0 Å². The molecule has 5 nitrogen and oxygen atoms in total. The fourth-order valence-corrected chi connectivity index (χ4v) is 7.09. The van der Waals surface area contributed by atoms with E-state index in [-0.39, 0.29) is 41.2 Å². The Bertz CT molecular complexity index is 739. The first kappa shape index (κ1) is 19.0. The molecule has 0 bridgehead atoms. The van der Waals surface area contributed by atoms with Crippen LogP contribution in [0.25, 0.3) is 0 Å². The van der Waals surface area contributed by atoms with Gasteiger partial charge in [0, 0.05) is 23.2 Å². The summed E-state index contributed by atoms with van der Waals surface area (Å²) in [5.74, 6) is 0.180. The highest BCUT2D eigenvalue weighted by Gasteiger charge is 2.66. The van der Waals surface area contributed by atoms with Crippen LogP contribution in [0.3, 0.4) is 0 Å². The number of allylic oxidation sites excluding steroid dienone is 4. The molecule has 4 rings (SSSR count). The molecule has 0 aromatic heterocycles. The average Bonchev–Trinajstić information content (AvgIpc) is 2.85. The molecule has 148 valence electrons. The lowest BCUT2D eigenvalue weighted by molar-refractivity contribution is -0.170. The van der Waals surface area contributed by atoms with Gasteiger partial charge in [-0.15, -0.1) is 0 Å². The van der Waals surface area contributed by atoms with Crippen LogP contribution in [0.1, 0.15) is 52.4 Å². The van der Waals surface area contributed by atoms with E-state index in [1.807, 2.05) is 13.0 Å². The van der Waals surface area contributed by atoms with Crippen molar-refractivity contribution < 1.29 is 24.9 Å². The molecule has 3 fully saturated rings. The molecule has 0 aromatic carbocycles. The van der Waals surface area contributed by atoms with E-state index >= 15 is 0 Å². The first-order valence-electron chi connectivity index (χ1n) is 10.1. The predicted octanol–water partition coefficient (Wildman–Crippen LogP) is 1.95. The molecule has 0 aliphatic heterocycles. The van der Waals surface area contributed by atoms with Crippen LogP contribution < -0.4 is 0 Å². The number of rotatable bonds is 3. The van der Waals surface area contributed by atoms with Gasteiger partial charge in [0.25, 0.3) is 0 Å². The van der Waals surface area contributed by atoms with Gasteiger partial charge in [-0.3, -0.25) is 9.59 Å². The number of hydrogen-bond acceptors (Lipinski definition) is 5. The Morgan fingerprint density at radius 1 is 1.30 bits per heavy atom. The van der Waals surface area contributed by atoms with Gasteiger partial charge in [0.1, 0.15) is 6.61 Å². The molecule has 27 heavy (non-hydrogen) atoms. The second-order valence-electron chi connectivity index (χ2n) is 9.66. The van der Waals surface area contributed by atoms with Gasteiger partial charge in [0.2, 0.25) is 0 Å². The van der Waals surface area contributed by atoms with Crippen LogP contribution in [0, 0.1) is 28.6 Å². The minimum absolute atomic E-state index is 0.0221. The summed E-state index contributed by atoms with van der Waals surface area (Å²) in [6, 6.07) is 0. The fraction of sp³-hybridized carbons (Fsp3) is 0.727. The lowest BCUT2D eigenvalue weighted by atomic mass is 9.46. The number of ketones is 2. The van der Waals surface area contributed by atoms with E-state index in [0.717, 1.165) is 24.8 Å². The molecule has 0 spiro atoms. The standard InChI is InChI=1S/C22H30O5/c1-20-7-5-14(24)9-13(20)3-4-16-17-6-8-22(27,10-15(25)12-23)21(17,2)11-18(26)19(16)20/h5,7,9,16-19,23,26-27H,3-4,6,8,10-12H2,1-2H3/t16?,17?,18?,19?,20?,21?,22-/m0/s1. The summed E-state index contributed by atoms with van der Waals surface area (Å²) in [6.07, 6.45) is 8.23. The molecule has 3 N–H and O–H groups in total. The van der Waals surface area contributed by atoms with Crippen molar-refractivity contribution in [2.75, 3.05) is 6.61 Å². The maximum atomic E-state index is 11.9. The van der Waals surface area contributed by atoms with Gasteiger partial charge in [-0.05, 0) is 56.1 Å². The van der Waals surface area contributed by atoms with Crippen molar-refractivity contribution in [1.29, 1.82) is 0 Å². The Balaban J connectivity index is 1.70. The molecular weight excluding hydrogens is 344 g/mol. The van der Waals surface area contributed by atoms with E-state index in [4.69, 9.17) is 5.11 Å². The second-order valence-corrected chi connectivity index (χ2v) is 9.66. The van der Waals surface area contributed by atoms with Crippen molar-refractivity contribution in [3.8, 4) is 0 Å². The smallest absolute Gasteiger partial charge is 0.178 e. The molecular formula is C22H30O5. The van der Waals surface area contributed by atoms with Gasteiger partial charge in [-0.1, -0.05) is 25.5 Å². The van der Waals surface area contributed by atoms with Crippen LogP contribution in [0.15, 0.2) is 23.8 Å². The van der Waals surface area contributed by atoms with E-state index in [0.29, 0.717) is 12.8 Å². The lowest BCUT2D eigenvalue weighted by Gasteiger charge is -2.59. The molecule has 4 aliphatic carbocycles. The number of Topliss-reactive ketones (excluding diaryl/α,β-unsaturated/α-hetero) is 1. The molecule has 0 amide bonds. The monoisotopic (exact) mass is 374 g/mol. The van der Waals surface area contributed by atoms with Crippen LogP contribution in [0.4, 0.5) is 0 Å². The summed E-state index contributed by atoms with van der Waals surface area (Å²) in [4.78, 5) is 23.7. The number of aliphatic hydroxyl groups is 3. The van der Waals surface area contributed by atoms with Gasteiger partial charge in [-0.25, -0.2) is 0 Å². The number of carbonyl (C=O) groups excluding carboxylic acids is 2. The van der Waals surface area contributed by atoms with Crippen LogP contribution in [0.5, 0.6) is 0 Å². The number of fused-ring (bicyclic) bond motifs is 5. The molecule has 4 aliphatic rings. The summed E-state index contributed by atoms with van der Waals surface area (Å²) in [5.41, 5.74) is -0.912. The summed E-state index contributed by atoms with van der Waals surface area (Å²) >= 11 is 0. The average molecular weight is 374 g/mol. The zero-order valence-corrected chi connectivity index (χ0v) is 16.1. The van der Waals surface area contributed by atoms with Crippen LogP contribution in [-0.4, -0.2) is 45.2 Å². The van der Waals surface area contributed by atoms with Gasteiger partial charge in [0.15, 0.2) is 11.6 Å². The van der Waals surface area contributed by atoms with E-state index in [1.165, 1.54) is 0 Å². The third-order valence-corrected chi connectivity index (χ3v) is 8.48. The second kappa shape index (κ2) is 6.10. The lowest BCUT2D eigenvalue weighted by Crippen LogP contribution is -2.59. The predicted molar refractivity (Wildman–Crippen MR) is 99.7 cm³/mol. The highest BCUT2D eigenvalue weighted by atomic mass is 16.3. The SMILES string of the molecule is CC12C=CC(=O)C=C1CCC1C2C(O)CC2(C)C1CC[C@]2(O)CC(=O)CO. The van der Waals surface area contributed by atoms with Gasteiger partial charge in [-0.2, -0.15) is 0 Å². The third kappa shape index (κ3) is 2.55. The highest BCUT2D eigenvalue weighted by molar-refractivity contribution is 6.01. The van der Waals surface area contributed by atoms with E-state index < -0.39 is 23.7 Å². The molecule has 7 atom stereocenters. The summed E-state index contributed by atoms with van der Waals surface area (Å²) in [5, 5.41) is 31.8. The Morgan fingerprint density at radius 2 is 2.04 bits per heavy atom. The van der Waals surface area contributed by atoms with Crippen molar-refractivity contribution in [2.24, 2.45) is 28.6 Å². The Labute approximate surface area is 160 Å². The first-order valence-corrected chi connectivity index (χ1v) is 10.1. The zero-order valence-electron chi connectivity index (χ0n) is 16.1.